The molecule has 2 heterocycles. The van der Waals surface area contributed by atoms with Crippen molar-refractivity contribution in [2.24, 2.45) is 4.99 Å². The minimum atomic E-state index is -0.405. The second-order valence-corrected chi connectivity index (χ2v) is 8.14. The number of amides is 1. The van der Waals surface area contributed by atoms with Crippen LogP contribution in [0.15, 0.2) is 58.3 Å². The van der Waals surface area contributed by atoms with E-state index in [9.17, 15) is 9.59 Å². The first-order chi connectivity index (χ1) is 16.3. The predicted molar refractivity (Wildman–Crippen MR) is 132 cm³/mol. The number of aliphatic imine (C=N–C) groups is 1. The summed E-state index contributed by atoms with van der Waals surface area (Å²) < 4.78 is 6.57. The summed E-state index contributed by atoms with van der Waals surface area (Å²) in [6.45, 7) is 9.47. The minimum absolute atomic E-state index is 0.101. The van der Waals surface area contributed by atoms with Crippen LogP contribution in [0.5, 0.6) is 5.75 Å². The second-order valence-electron chi connectivity index (χ2n) is 8.14. The predicted octanol–water partition coefficient (Wildman–Crippen LogP) is 1.88. The van der Waals surface area contributed by atoms with Crippen molar-refractivity contribution in [1.29, 1.82) is 0 Å². The zero-order valence-corrected chi connectivity index (χ0v) is 19.6. The number of nitrogens with one attached hydrogen (secondary N) is 2. The lowest BCUT2D eigenvalue weighted by molar-refractivity contribution is -0.116. The quantitative estimate of drug-likeness (QED) is 0.609. The summed E-state index contributed by atoms with van der Waals surface area (Å²) in [4.78, 5) is 36.1. The fraction of sp³-hybridized carbons (Fsp3) is 0.192. The topological polar surface area (TPSA) is 94.0 Å². The fourth-order valence-electron chi connectivity index (χ4n) is 3.69. The van der Waals surface area contributed by atoms with Crippen LogP contribution in [0.4, 0.5) is 5.69 Å². The van der Waals surface area contributed by atoms with Crippen molar-refractivity contribution in [3.63, 3.8) is 0 Å². The summed E-state index contributed by atoms with van der Waals surface area (Å²) >= 11 is 0. The fourth-order valence-corrected chi connectivity index (χ4v) is 3.69. The van der Waals surface area contributed by atoms with Crippen LogP contribution in [-0.2, 0) is 16.2 Å². The number of hydroxylamine groups is 1. The Labute approximate surface area is 196 Å². The van der Waals surface area contributed by atoms with E-state index in [1.807, 2.05) is 44.2 Å². The van der Waals surface area contributed by atoms with Crippen LogP contribution >= 0.6 is 0 Å². The first kappa shape index (κ1) is 22.8. The van der Waals surface area contributed by atoms with Gasteiger partial charge in [-0.15, -0.1) is 0 Å². The lowest BCUT2D eigenvalue weighted by Crippen LogP contribution is -2.47. The largest absolute Gasteiger partial charge is 0.497 e. The molecule has 0 radical (unpaired) electrons. The van der Waals surface area contributed by atoms with Gasteiger partial charge < -0.3 is 19.5 Å². The molecule has 8 heteroatoms. The number of nitrogens with zero attached hydrogens (tertiary/aromatic N) is 2. The van der Waals surface area contributed by atoms with E-state index in [2.05, 4.69) is 22.4 Å². The van der Waals surface area contributed by atoms with E-state index in [1.165, 1.54) is 4.57 Å². The molecule has 3 aromatic rings. The maximum absolute atomic E-state index is 13.4. The molecule has 0 saturated carbocycles. The first-order valence-electron chi connectivity index (χ1n) is 10.7. The SMILES string of the molecule is C=c1cc(C)n(CC(=O)Nc2cc(C)ccc2C)c(=O)c1=C1N=C(c2ccc(OC)cc2)NO1. The van der Waals surface area contributed by atoms with Crippen LogP contribution in [0.3, 0.4) is 0 Å². The van der Waals surface area contributed by atoms with Crippen molar-refractivity contribution in [1.82, 2.24) is 10.0 Å². The van der Waals surface area contributed by atoms with Gasteiger partial charge in [-0.05, 0) is 73.5 Å². The molecule has 1 aliphatic rings. The van der Waals surface area contributed by atoms with E-state index in [4.69, 9.17) is 9.57 Å². The van der Waals surface area contributed by atoms with Gasteiger partial charge in [-0.25, -0.2) is 5.48 Å². The number of methoxy groups -OCH3 is 1. The minimum Gasteiger partial charge on any atom is -0.497 e. The number of anilines is 1. The van der Waals surface area contributed by atoms with Gasteiger partial charge >= 0.3 is 0 Å². The Kier molecular flexibility index (Phi) is 6.23. The molecule has 0 bridgehead atoms. The summed E-state index contributed by atoms with van der Waals surface area (Å²) in [5.74, 6) is 0.966. The zero-order valence-electron chi connectivity index (χ0n) is 19.6. The van der Waals surface area contributed by atoms with E-state index < -0.39 is 5.56 Å². The van der Waals surface area contributed by atoms with E-state index in [0.29, 0.717) is 22.5 Å². The molecular weight excluding hydrogens is 432 g/mol. The van der Waals surface area contributed by atoms with E-state index in [0.717, 1.165) is 22.4 Å². The maximum atomic E-state index is 13.4. The monoisotopic (exact) mass is 458 g/mol. The highest BCUT2D eigenvalue weighted by atomic mass is 16.7. The maximum Gasteiger partial charge on any atom is 0.264 e. The van der Waals surface area contributed by atoms with Crippen LogP contribution in [0.2, 0.25) is 0 Å². The Bertz CT molecular complexity index is 1470. The van der Waals surface area contributed by atoms with Crippen LogP contribution < -0.4 is 31.5 Å². The molecule has 4 rings (SSSR count). The Morgan fingerprint density at radius 1 is 1.15 bits per heavy atom. The third-order valence-electron chi connectivity index (χ3n) is 5.59. The number of rotatable bonds is 5. The molecule has 1 aliphatic heterocycles. The van der Waals surface area contributed by atoms with Gasteiger partial charge in [0, 0.05) is 16.9 Å². The van der Waals surface area contributed by atoms with Crippen LogP contribution in [-0.4, -0.2) is 23.4 Å². The van der Waals surface area contributed by atoms with E-state index >= 15 is 0 Å². The Balaban J connectivity index is 1.69. The first-order valence-corrected chi connectivity index (χ1v) is 10.7. The summed E-state index contributed by atoms with van der Waals surface area (Å²) in [5, 5.41) is 3.55. The highest BCUT2D eigenvalue weighted by Crippen LogP contribution is 2.17. The number of ether oxygens (including phenoxy) is 1. The van der Waals surface area contributed by atoms with Gasteiger partial charge in [-0.2, -0.15) is 4.99 Å². The van der Waals surface area contributed by atoms with Crippen molar-refractivity contribution in [2.75, 3.05) is 12.4 Å². The van der Waals surface area contributed by atoms with Gasteiger partial charge in [0.25, 0.3) is 11.4 Å². The molecule has 0 saturated heterocycles. The third kappa shape index (κ3) is 4.56. The molecule has 174 valence electrons. The van der Waals surface area contributed by atoms with Crippen LogP contribution in [0, 0.1) is 20.8 Å². The lowest BCUT2D eigenvalue weighted by atomic mass is 10.1. The van der Waals surface area contributed by atoms with Crippen molar-refractivity contribution in [2.45, 2.75) is 27.3 Å². The number of benzene rings is 2. The normalized spacial score (nSPS) is 14.2. The summed E-state index contributed by atoms with van der Waals surface area (Å²) in [6, 6.07) is 14.8. The van der Waals surface area contributed by atoms with Gasteiger partial charge in [0.1, 0.15) is 17.5 Å². The van der Waals surface area contributed by atoms with Gasteiger partial charge in [0.05, 0.1) is 7.11 Å². The Morgan fingerprint density at radius 2 is 1.88 bits per heavy atom. The highest BCUT2D eigenvalue weighted by Gasteiger charge is 2.18. The molecule has 2 N–H and O–H groups in total. The van der Waals surface area contributed by atoms with Gasteiger partial charge in [0.2, 0.25) is 5.91 Å². The number of amidine groups is 1. The third-order valence-corrected chi connectivity index (χ3v) is 5.59. The molecule has 0 spiro atoms. The average Bonchev–Trinajstić information content (AvgIpc) is 3.28. The van der Waals surface area contributed by atoms with Crippen molar-refractivity contribution in [3.05, 3.63) is 91.7 Å². The standard InChI is InChI=1S/C26H26N4O4/c1-15-6-7-16(2)21(12-15)27-22(31)14-30-18(4)13-17(3)23(26(30)32)25-28-24(29-34-25)19-8-10-20(33-5)11-9-19/h6-13H,3,14H2,1-2,4-5H3,(H,27,31)(H,28,29). The number of pyridine rings is 1. The van der Waals surface area contributed by atoms with Crippen LogP contribution in [0.25, 0.3) is 12.5 Å². The molecular formula is C26H26N4O4. The van der Waals surface area contributed by atoms with Gasteiger partial charge in [0.15, 0.2) is 5.84 Å². The molecule has 0 fully saturated rings. The lowest BCUT2D eigenvalue weighted by Gasteiger charge is -2.13. The Morgan fingerprint density at radius 3 is 2.59 bits per heavy atom. The number of carbonyl (C=O) groups excluding carboxylic acids is 1. The van der Waals surface area contributed by atoms with Crippen molar-refractivity contribution < 1.29 is 14.4 Å². The van der Waals surface area contributed by atoms with Gasteiger partial charge in [-0.1, -0.05) is 18.7 Å². The average molecular weight is 459 g/mol. The molecule has 0 atom stereocenters. The van der Waals surface area contributed by atoms with Crippen molar-refractivity contribution >= 4 is 29.9 Å². The smallest absolute Gasteiger partial charge is 0.264 e. The van der Waals surface area contributed by atoms with Crippen LogP contribution in [0.1, 0.15) is 22.4 Å². The summed E-state index contributed by atoms with van der Waals surface area (Å²) in [7, 11) is 1.59. The number of carbonyl (C=O) groups is 1. The van der Waals surface area contributed by atoms with E-state index in [1.54, 1.807) is 32.2 Å². The number of aromatic nitrogens is 1. The highest BCUT2D eigenvalue weighted by molar-refractivity contribution is 6.01. The summed E-state index contributed by atoms with van der Waals surface area (Å²) in [6.07, 6.45) is 0. The number of aryl methyl sites for hydroxylation is 3. The molecule has 0 aliphatic carbocycles. The van der Waals surface area contributed by atoms with E-state index in [-0.39, 0.29) is 23.6 Å². The molecule has 2 aromatic carbocycles. The molecule has 0 unspecified atom stereocenters. The number of hydrogen-bond acceptors (Lipinski definition) is 6. The molecule has 1 amide bonds. The van der Waals surface area contributed by atoms with Crippen molar-refractivity contribution in [3.8, 4) is 5.75 Å². The van der Waals surface area contributed by atoms with Gasteiger partial charge in [-0.3, -0.25) is 9.59 Å². The second kappa shape index (κ2) is 9.27. The molecule has 8 nitrogen and oxygen atoms in total. The zero-order chi connectivity index (χ0) is 24.4. The Hall–Kier alpha value is -4.33. The number of hydrogen-bond donors (Lipinski definition) is 2. The molecule has 34 heavy (non-hydrogen) atoms. The molecule has 1 aromatic heterocycles. The summed E-state index contributed by atoms with van der Waals surface area (Å²) in [5.41, 5.74) is 6.42.